The van der Waals surface area contributed by atoms with Gasteiger partial charge in [0.2, 0.25) is 0 Å². The largest absolute Gasteiger partial charge is 0.423 e. The predicted octanol–water partition coefficient (Wildman–Crippen LogP) is 5.23. The summed E-state index contributed by atoms with van der Waals surface area (Å²) >= 11 is 0. The molecular weight excluding hydrogens is 532 g/mol. The zero-order chi connectivity index (χ0) is 30.9. The van der Waals surface area contributed by atoms with Crippen molar-refractivity contribution in [3.63, 3.8) is 0 Å². The third-order valence-electron chi connectivity index (χ3n) is 4.62. The first-order chi connectivity index (χ1) is 19.1. The number of benzene rings is 2. The second-order valence-corrected chi connectivity index (χ2v) is 8.81. The maximum absolute atomic E-state index is 12.6. The molecule has 0 aliphatic carbocycles. The van der Waals surface area contributed by atoms with Crippen LogP contribution < -0.4 is 23.7 Å². The third kappa shape index (κ3) is 10.3. The Morgan fingerprint density at radius 3 is 1.05 bits per heavy atom. The summed E-state index contributed by atoms with van der Waals surface area (Å²) in [4.78, 5) is 60.6. The molecule has 0 aliphatic rings. The lowest BCUT2D eigenvalue weighted by atomic mass is 10.2. The third-order valence-corrected chi connectivity index (χ3v) is 4.62. The normalized spacial score (nSPS) is 10.2. The van der Waals surface area contributed by atoms with E-state index in [4.69, 9.17) is 23.7 Å². The smallest absolute Gasteiger partial charge is 0.338 e. The molecule has 0 aromatic heterocycles. The van der Waals surface area contributed by atoms with Crippen LogP contribution in [0.4, 0.5) is 0 Å². The molecule has 2 rings (SSSR count). The van der Waals surface area contributed by atoms with Gasteiger partial charge in [-0.15, -0.1) is 0 Å². The fourth-order valence-electron chi connectivity index (χ4n) is 2.62. The van der Waals surface area contributed by atoms with E-state index < -0.39 is 29.8 Å². The minimum absolute atomic E-state index is 0.0223. The van der Waals surface area contributed by atoms with Crippen molar-refractivity contribution < 1.29 is 47.7 Å². The average molecular weight is 561 g/mol. The maximum atomic E-state index is 12.6. The minimum Gasteiger partial charge on any atom is -0.423 e. The van der Waals surface area contributed by atoms with Crippen molar-refractivity contribution in [1.82, 2.24) is 0 Å². The lowest BCUT2D eigenvalue weighted by Crippen LogP contribution is -2.11. The Hall–Kier alpha value is -5.51. The summed E-state index contributed by atoms with van der Waals surface area (Å²) in [6.07, 6.45) is 2.35. The molecule has 0 radical (unpaired) electrons. The summed E-state index contributed by atoms with van der Waals surface area (Å²) < 4.78 is 26.1. The molecule has 10 nitrogen and oxygen atoms in total. The summed E-state index contributed by atoms with van der Waals surface area (Å²) in [5, 5.41) is 0. The van der Waals surface area contributed by atoms with Crippen LogP contribution in [0.3, 0.4) is 0 Å². The number of hydrogen-bond acceptors (Lipinski definition) is 10. The lowest BCUT2D eigenvalue weighted by molar-refractivity contribution is -0.131. The highest BCUT2D eigenvalue weighted by atomic mass is 16.6. The fourth-order valence-corrected chi connectivity index (χ4v) is 2.62. The summed E-state index contributed by atoms with van der Waals surface area (Å²) in [6.45, 7) is 19.8. The summed E-state index contributed by atoms with van der Waals surface area (Å²) in [7, 11) is 0. The van der Waals surface area contributed by atoms with Gasteiger partial charge in [0, 0.05) is 52.6 Å². The van der Waals surface area contributed by atoms with Gasteiger partial charge in [-0.1, -0.05) is 26.3 Å². The first-order valence-electron chi connectivity index (χ1n) is 11.9. The van der Waals surface area contributed by atoms with Crippen molar-refractivity contribution in [2.45, 2.75) is 27.7 Å². The molecule has 0 saturated heterocycles. The Morgan fingerprint density at radius 1 is 0.488 bits per heavy atom. The van der Waals surface area contributed by atoms with Crippen molar-refractivity contribution in [2.75, 3.05) is 0 Å². The summed E-state index contributed by atoms with van der Waals surface area (Å²) in [6, 6.07) is 7.85. The Kier molecular flexibility index (Phi) is 10.9. The van der Waals surface area contributed by atoms with Gasteiger partial charge >= 0.3 is 29.8 Å². The highest BCUT2D eigenvalue weighted by molar-refractivity contribution is 5.92. The van der Waals surface area contributed by atoms with Crippen LogP contribution in [0.1, 0.15) is 33.3 Å². The van der Waals surface area contributed by atoms with E-state index >= 15 is 0 Å². The zero-order valence-corrected chi connectivity index (χ0v) is 23.0. The van der Waals surface area contributed by atoms with Crippen LogP contribution in [-0.2, 0) is 24.0 Å². The molecule has 0 fully saturated rings. The minimum atomic E-state index is -0.879. The van der Waals surface area contributed by atoms with Crippen molar-refractivity contribution in [3.05, 3.63) is 96.6 Å². The molecule has 2 aromatic carbocycles. The van der Waals surface area contributed by atoms with E-state index in [0.717, 1.165) is 6.08 Å². The predicted molar refractivity (Wildman–Crippen MR) is 149 cm³/mol. The van der Waals surface area contributed by atoms with Crippen molar-refractivity contribution in [3.8, 4) is 28.7 Å². The van der Waals surface area contributed by atoms with Crippen LogP contribution in [-0.4, -0.2) is 29.8 Å². The van der Waals surface area contributed by atoms with E-state index in [2.05, 4.69) is 26.3 Å². The monoisotopic (exact) mass is 560 g/mol. The van der Waals surface area contributed by atoms with Crippen LogP contribution in [0.2, 0.25) is 0 Å². The van der Waals surface area contributed by atoms with E-state index in [9.17, 15) is 24.0 Å². The molecule has 41 heavy (non-hydrogen) atoms. The molecule has 0 aliphatic heterocycles. The molecule has 0 atom stereocenters. The topological polar surface area (TPSA) is 132 Å². The molecule has 0 bridgehead atoms. The summed E-state index contributed by atoms with van der Waals surface area (Å²) in [5.41, 5.74) is 0.804. The van der Waals surface area contributed by atoms with Crippen LogP contribution >= 0.6 is 0 Å². The molecule has 2 aromatic rings. The van der Waals surface area contributed by atoms with Gasteiger partial charge in [-0.25, -0.2) is 24.0 Å². The number of rotatable bonds is 11. The van der Waals surface area contributed by atoms with E-state index in [1.165, 1.54) is 70.2 Å². The standard InChI is InChI=1S/C31H28O10/c1-17(2)28(33)38-22-11-21(12-23(13-22)39-29(34)18(3)4)9-10-27(32)37-24-14-25(40-30(35)19(5)6)16-26(15-24)41-31(36)20(7)8/h9-16H,1,3,5,7H2,2,4,6,8H3. The molecular formula is C31H28O10. The van der Waals surface area contributed by atoms with E-state index in [-0.39, 0.29) is 51.0 Å². The second kappa shape index (κ2) is 14.0. The highest BCUT2D eigenvalue weighted by Gasteiger charge is 2.15. The van der Waals surface area contributed by atoms with Gasteiger partial charge in [0.15, 0.2) is 0 Å². The first-order valence-corrected chi connectivity index (χ1v) is 11.9. The number of ether oxygens (including phenoxy) is 5. The number of hydrogen-bond donors (Lipinski definition) is 0. The van der Waals surface area contributed by atoms with E-state index in [1.54, 1.807) is 0 Å². The highest BCUT2D eigenvalue weighted by Crippen LogP contribution is 2.30. The van der Waals surface area contributed by atoms with Gasteiger partial charge in [0.1, 0.15) is 28.7 Å². The Labute approximate surface area is 236 Å². The van der Waals surface area contributed by atoms with Crippen molar-refractivity contribution in [2.24, 2.45) is 0 Å². The molecule has 0 amide bonds. The Morgan fingerprint density at radius 2 is 0.756 bits per heavy atom. The van der Waals surface area contributed by atoms with Crippen LogP contribution in [0, 0.1) is 0 Å². The number of esters is 5. The molecule has 0 saturated carbocycles. The SMILES string of the molecule is C=C(C)C(=O)Oc1cc(C=CC(=O)Oc2cc(OC(=O)C(=C)C)cc(OC(=O)C(=C)C)c2)cc(OC(=O)C(=C)C)c1. The van der Waals surface area contributed by atoms with Gasteiger partial charge in [-0.2, -0.15) is 0 Å². The first kappa shape index (κ1) is 31.7. The van der Waals surface area contributed by atoms with Crippen molar-refractivity contribution >= 4 is 35.9 Å². The van der Waals surface area contributed by atoms with Gasteiger partial charge in [-0.05, 0) is 51.5 Å². The fraction of sp³-hybridized carbons (Fsp3) is 0.129. The van der Waals surface area contributed by atoms with Crippen LogP contribution in [0.5, 0.6) is 28.7 Å². The summed E-state index contributed by atoms with van der Waals surface area (Å²) in [5.74, 6) is -4.02. The van der Waals surface area contributed by atoms with Gasteiger partial charge in [0.25, 0.3) is 0 Å². The zero-order valence-electron chi connectivity index (χ0n) is 23.0. The van der Waals surface area contributed by atoms with E-state index in [1.807, 2.05) is 0 Å². The molecule has 0 heterocycles. The van der Waals surface area contributed by atoms with Gasteiger partial charge in [-0.3, -0.25) is 0 Å². The number of carbonyl (C=O) groups excluding carboxylic acids is 5. The van der Waals surface area contributed by atoms with Crippen LogP contribution in [0.25, 0.3) is 6.08 Å². The molecule has 0 unspecified atom stereocenters. The van der Waals surface area contributed by atoms with Gasteiger partial charge < -0.3 is 23.7 Å². The average Bonchev–Trinajstić information content (AvgIpc) is 2.86. The molecule has 0 spiro atoms. The molecule has 0 N–H and O–H groups in total. The van der Waals surface area contributed by atoms with Gasteiger partial charge in [0.05, 0.1) is 0 Å². The lowest BCUT2D eigenvalue weighted by Gasteiger charge is -2.11. The second-order valence-electron chi connectivity index (χ2n) is 8.81. The quantitative estimate of drug-likeness (QED) is 0.204. The molecule has 10 heteroatoms. The Balaban J connectivity index is 2.35. The van der Waals surface area contributed by atoms with Crippen molar-refractivity contribution in [1.29, 1.82) is 0 Å². The maximum Gasteiger partial charge on any atom is 0.338 e. The molecule has 212 valence electrons. The Bertz CT molecular complexity index is 1410. The van der Waals surface area contributed by atoms with E-state index in [0.29, 0.717) is 5.56 Å². The number of carbonyl (C=O) groups is 5. The van der Waals surface area contributed by atoms with Crippen LogP contribution in [0.15, 0.2) is 91.1 Å².